The van der Waals surface area contributed by atoms with Crippen LogP contribution in [0.2, 0.25) is 0 Å². The summed E-state index contributed by atoms with van der Waals surface area (Å²) in [6.07, 6.45) is 4.28. The van der Waals surface area contributed by atoms with Gasteiger partial charge < -0.3 is 10.4 Å². The molecule has 2 N–H and O–H groups in total. The monoisotopic (exact) mass is 455 g/mol. The van der Waals surface area contributed by atoms with E-state index in [1.165, 1.54) is 19.3 Å². The number of carbonyl (C=O) groups is 1. The second-order valence-corrected chi connectivity index (χ2v) is 8.06. The van der Waals surface area contributed by atoms with Crippen molar-refractivity contribution >= 4 is 11.6 Å². The summed E-state index contributed by atoms with van der Waals surface area (Å²) in [5, 5.41) is 26.0. The van der Waals surface area contributed by atoms with E-state index >= 15 is 0 Å². The fourth-order valence-electron chi connectivity index (χ4n) is 4.02. The Morgan fingerprint density at radius 2 is 1.91 bits per heavy atom. The molecule has 1 amide bonds. The van der Waals surface area contributed by atoms with Crippen molar-refractivity contribution < 1.29 is 23.1 Å². The molecule has 3 aromatic rings. The molecule has 0 unspecified atom stereocenters. The van der Waals surface area contributed by atoms with Crippen LogP contribution in [-0.2, 0) is 5.41 Å². The number of aliphatic hydroxyl groups is 1. The number of aliphatic hydroxyl groups excluding tert-OH is 1. The smallest absolute Gasteiger partial charge is 0.259 e. The predicted molar refractivity (Wildman–Crippen MR) is 112 cm³/mol. The van der Waals surface area contributed by atoms with Gasteiger partial charge in [-0.1, -0.05) is 0 Å². The average Bonchev–Trinajstić information content (AvgIpc) is 3.20. The number of carbonyl (C=O) groups excluding carboxylic acids is 1. The van der Waals surface area contributed by atoms with Crippen molar-refractivity contribution in [2.45, 2.75) is 44.1 Å². The fourth-order valence-corrected chi connectivity index (χ4v) is 4.02. The lowest BCUT2D eigenvalue weighted by atomic mass is 9.72. The third-order valence-electron chi connectivity index (χ3n) is 6.03. The van der Waals surface area contributed by atoms with Crippen LogP contribution in [0.4, 0.5) is 18.9 Å². The van der Waals surface area contributed by atoms with Gasteiger partial charge in [0.1, 0.15) is 5.69 Å². The van der Waals surface area contributed by atoms with Gasteiger partial charge in [0.25, 0.3) is 5.91 Å². The number of amides is 1. The Morgan fingerprint density at radius 1 is 1.18 bits per heavy atom. The summed E-state index contributed by atoms with van der Waals surface area (Å²) in [7, 11) is 0. The largest absolute Gasteiger partial charge is 0.393 e. The Bertz CT molecular complexity index is 1240. The van der Waals surface area contributed by atoms with E-state index in [0.717, 1.165) is 16.8 Å². The molecule has 1 fully saturated rings. The summed E-state index contributed by atoms with van der Waals surface area (Å²) in [6.45, 7) is 1.50. The molecule has 1 aliphatic rings. The van der Waals surface area contributed by atoms with Crippen molar-refractivity contribution in [2.75, 3.05) is 5.32 Å². The Hall–Kier alpha value is -3.71. The highest BCUT2D eigenvalue weighted by Crippen LogP contribution is 2.38. The van der Waals surface area contributed by atoms with Crippen LogP contribution in [0.25, 0.3) is 5.69 Å². The number of benzene rings is 1. The normalized spacial score (nSPS) is 20.3. The maximum atomic E-state index is 14.1. The molecule has 1 aliphatic carbocycles. The van der Waals surface area contributed by atoms with Gasteiger partial charge in [-0.25, -0.2) is 17.9 Å². The molecule has 2 heterocycles. The van der Waals surface area contributed by atoms with Crippen LogP contribution in [-0.4, -0.2) is 31.9 Å². The number of halogens is 3. The molecule has 0 bridgehead atoms. The first-order valence-corrected chi connectivity index (χ1v) is 10.3. The van der Waals surface area contributed by atoms with E-state index in [1.54, 1.807) is 12.1 Å². The van der Waals surface area contributed by atoms with Crippen LogP contribution in [0.15, 0.2) is 36.7 Å². The summed E-state index contributed by atoms with van der Waals surface area (Å²) in [4.78, 5) is 17.1. The van der Waals surface area contributed by atoms with Crippen LogP contribution >= 0.6 is 0 Å². The zero-order chi connectivity index (χ0) is 23.8. The van der Waals surface area contributed by atoms with Crippen molar-refractivity contribution in [2.24, 2.45) is 0 Å². The lowest BCUT2D eigenvalue weighted by Gasteiger charge is -2.32. The van der Waals surface area contributed by atoms with E-state index in [0.29, 0.717) is 37.1 Å². The summed E-state index contributed by atoms with van der Waals surface area (Å²) < 4.78 is 42.0. The number of hydrogen-bond donors (Lipinski definition) is 2. The molecule has 7 nitrogen and oxygen atoms in total. The fraction of sp³-hybridized carbons (Fsp3) is 0.304. The van der Waals surface area contributed by atoms with Crippen LogP contribution in [0, 0.1) is 35.7 Å². The predicted octanol–water partition coefficient (Wildman–Crippen LogP) is 3.94. The highest BCUT2D eigenvalue weighted by molar-refractivity contribution is 6.04. The van der Waals surface area contributed by atoms with Crippen molar-refractivity contribution in [3.63, 3.8) is 0 Å². The van der Waals surface area contributed by atoms with Gasteiger partial charge in [0.2, 0.25) is 0 Å². The summed E-state index contributed by atoms with van der Waals surface area (Å²) in [6, 6.07) is 7.44. The van der Waals surface area contributed by atoms with Gasteiger partial charge in [0, 0.05) is 0 Å². The number of rotatable bonds is 4. The number of nitrogens with zero attached hydrogens (tertiary/aromatic N) is 4. The van der Waals surface area contributed by atoms with Crippen LogP contribution in [0.3, 0.4) is 0 Å². The highest BCUT2D eigenvalue weighted by Gasteiger charge is 2.38. The van der Waals surface area contributed by atoms with Gasteiger partial charge in [-0.3, -0.25) is 9.78 Å². The third-order valence-corrected chi connectivity index (χ3v) is 6.03. The van der Waals surface area contributed by atoms with E-state index in [-0.39, 0.29) is 16.9 Å². The Morgan fingerprint density at radius 3 is 2.55 bits per heavy atom. The van der Waals surface area contributed by atoms with E-state index in [1.807, 2.05) is 0 Å². The quantitative estimate of drug-likeness (QED) is 0.580. The number of hydrogen-bond acceptors (Lipinski definition) is 5. The number of pyridine rings is 1. The maximum absolute atomic E-state index is 14.1. The van der Waals surface area contributed by atoms with Gasteiger partial charge in [0.05, 0.1) is 52.6 Å². The molecular weight excluding hydrogens is 435 g/mol. The number of aromatic nitrogens is 3. The zero-order valence-electron chi connectivity index (χ0n) is 17.6. The lowest BCUT2D eigenvalue weighted by Crippen LogP contribution is -2.33. The molecule has 0 spiro atoms. The minimum Gasteiger partial charge on any atom is -0.393 e. The van der Waals surface area contributed by atoms with Crippen molar-refractivity contribution in [3.05, 3.63) is 71.1 Å². The topological polar surface area (TPSA) is 104 Å². The molecule has 33 heavy (non-hydrogen) atoms. The molecule has 4 rings (SSSR count). The van der Waals surface area contributed by atoms with Crippen LogP contribution in [0.1, 0.15) is 47.4 Å². The van der Waals surface area contributed by atoms with Crippen LogP contribution < -0.4 is 5.32 Å². The van der Waals surface area contributed by atoms with Crippen molar-refractivity contribution in [3.8, 4) is 11.8 Å². The molecule has 2 aromatic heterocycles. The molecular formula is C23H20F3N5O2. The van der Waals surface area contributed by atoms with E-state index in [9.17, 15) is 28.3 Å². The van der Waals surface area contributed by atoms with Gasteiger partial charge in [-0.15, -0.1) is 0 Å². The number of nitrogens with one attached hydrogen (secondary N) is 1. The van der Waals surface area contributed by atoms with Crippen molar-refractivity contribution in [1.29, 1.82) is 5.26 Å². The van der Waals surface area contributed by atoms with Crippen LogP contribution in [0.5, 0.6) is 0 Å². The van der Waals surface area contributed by atoms with Gasteiger partial charge in [0.15, 0.2) is 17.5 Å². The minimum absolute atomic E-state index is 0.109. The van der Waals surface area contributed by atoms with E-state index in [2.05, 4.69) is 21.5 Å². The molecule has 10 heteroatoms. The lowest BCUT2D eigenvalue weighted by molar-refractivity contribution is 0.102. The molecule has 1 saturated carbocycles. The van der Waals surface area contributed by atoms with E-state index < -0.39 is 34.9 Å². The van der Waals surface area contributed by atoms with E-state index in [4.69, 9.17) is 0 Å². The highest BCUT2D eigenvalue weighted by atomic mass is 19.2. The molecule has 0 aliphatic heterocycles. The molecule has 1 aromatic carbocycles. The van der Waals surface area contributed by atoms with Gasteiger partial charge in [-0.05, 0) is 56.9 Å². The molecule has 0 saturated heterocycles. The number of anilines is 1. The average molecular weight is 455 g/mol. The third kappa shape index (κ3) is 4.07. The Kier molecular flexibility index (Phi) is 5.91. The first-order valence-electron chi connectivity index (χ1n) is 10.3. The first-order chi connectivity index (χ1) is 15.8. The Labute approximate surface area is 187 Å². The maximum Gasteiger partial charge on any atom is 0.259 e. The molecule has 0 atom stereocenters. The van der Waals surface area contributed by atoms with Gasteiger partial charge >= 0.3 is 0 Å². The molecule has 0 radical (unpaired) electrons. The molecule has 170 valence electrons. The second-order valence-electron chi connectivity index (χ2n) is 8.06. The zero-order valence-corrected chi connectivity index (χ0v) is 17.6. The number of nitriles is 1. The summed E-state index contributed by atoms with van der Waals surface area (Å²) in [5.41, 5.74) is 0.195. The summed E-state index contributed by atoms with van der Waals surface area (Å²) >= 11 is 0. The SMILES string of the molecule is Cc1c(C(=O)Nc2ccc([C@]3(C#N)CC[C@@H](O)CC3)nc2)cnn1-c1ccc(F)c(F)c1F. The van der Waals surface area contributed by atoms with Gasteiger partial charge in [-0.2, -0.15) is 10.4 Å². The van der Waals surface area contributed by atoms with Crippen molar-refractivity contribution in [1.82, 2.24) is 14.8 Å². The summed E-state index contributed by atoms with van der Waals surface area (Å²) in [5.74, 6) is -4.90. The second kappa shape index (κ2) is 8.67. The standard InChI is InChI=1S/C23H20F3N5O2/c1-13-16(11-29-31(13)18-4-3-17(24)20(25)21(18)26)22(33)30-14-2-5-19(28-10-14)23(12-27)8-6-15(32)7-9-23/h2-5,10-11,15,32H,6-9H2,1H3,(H,30,33)/t15-,23-. The first kappa shape index (κ1) is 22.5. The Balaban J connectivity index is 1.53. The minimum atomic E-state index is -1.62.